The van der Waals surface area contributed by atoms with E-state index in [1.54, 1.807) is 19.2 Å². The van der Waals surface area contributed by atoms with Crippen LogP contribution >= 0.6 is 0 Å². The van der Waals surface area contributed by atoms with Crippen LogP contribution in [0, 0.1) is 6.57 Å². The lowest BCUT2D eigenvalue weighted by Crippen LogP contribution is -2.60. The number of halogens is 3. The second kappa shape index (κ2) is 9.87. The highest BCUT2D eigenvalue weighted by Crippen LogP contribution is 2.34. The molecule has 36 heavy (non-hydrogen) atoms. The molecule has 3 heterocycles. The molecule has 2 aromatic heterocycles. The number of piperazine rings is 1. The second-order valence-electron chi connectivity index (χ2n) is 8.97. The zero-order chi connectivity index (χ0) is 26.2. The molecule has 0 amide bonds. The minimum absolute atomic E-state index is 0.0324. The topological polar surface area (TPSA) is 78.9 Å². The summed E-state index contributed by atoms with van der Waals surface area (Å²) in [5, 5.41) is 10.3. The van der Waals surface area contributed by atoms with Crippen molar-refractivity contribution in [2.45, 2.75) is 44.6 Å². The molecule has 1 N–H and O–H groups in total. The largest absolute Gasteiger partial charge is 0.416 e. The maximum Gasteiger partial charge on any atom is 0.416 e. The molecule has 3 atom stereocenters. The SMILES string of the molecule is [C-]#[N+]c1ccc2c(n1)c(N1C[C@@H](CC)N(C(C)c3ccc(C(F)(F)F)cc3)C[C@@H]1CO)nc(=O)n2C. The van der Waals surface area contributed by atoms with Gasteiger partial charge in [-0.25, -0.2) is 4.79 Å². The summed E-state index contributed by atoms with van der Waals surface area (Å²) in [4.78, 5) is 28.7. The van der Waals surface area contributed by atoms with Crippen LogP contribution in [-0.2, 0) is 13.2 Å². The average Bonchev–Trinajstić information content (AvgIpc) is 2.88. The minimum atomic E-state index is -4.40. The summed E-state index contributed by atoms with van der Waals surface area (Å²) in [7, 11) is 1.59. The van der Waals surface area contributed by atoms with Crippen molar-refractivity contribution in [3.63, 3.8) is 0 Å². The van der Waals surface area contributed by atoms with Crippen molar-refractivity contribution < 1.29 is 18.3 Å². The van der Waals surface area contributed by atoms with Crippen LogP contribution in [0.15, 0.2) is 41.2 Å². The fraction of sp³-hybridized carbons (Fsp3) is 0.440. The van der Waals surface area contributed by atoms with Gasteiger partial charge in [0.15, 0.2) is 5.82 Å². The average molecular weight is 501 g/mol. The quantitative estimate of drug-likeness (QED) is 0.535. The van der Waals surface area contributed by atoms with E-state index < -0.39 is 23.5 Å². The third-order valence-electron chi connectivity index (χ3n) is 6.95. The molecular formula is C25H27F3N6O2. The summed E-state index contributed by atoms with van der Waals surface area (Å²) in [6.45, 7) is 11.9. The number of alkyl halides is 3. The molecule has 190 valence electrons. The number of rotatable bonds is 5. The fourth-order valence-corrected chi connectivity index (χ4v) is 4.83. The molecule has 11 heteroatoms. The van der Waals surface area contributed by atoms with Gasteiger partial charge in [-0.2, -0.15) is 18.2 Å². The van der Waals surface area contributed by atoms with E-state index in [0.717, 1.165) is 24.1 Å². The monoisotopic (exact) mass is 500 g/mol. The fourth-order valence-electron chi connectivity index (χ4n) is 4.83. The molecule has 0 radical (unpaired) electrons. The van der Waals surface area contributed by atoms with Crippen molar-refractivity contribution in [3.8, 4) is 0 Å². The maximum atomic E-state index is 13.0. The first-order chi connectivity index (χ1) is 17.1. The van der Waals surface area contributed by atoms with Gasteiger partial charge in [0.1, 0.15) is 0 Å². The highest BCUT2D eigenvalue weighted by Gasteiger charge is 2.38. The van der Waals surface area contributed by atoms with Crippen molar-refractivity contribution in [2.75, 3.05) is 24.6 Å². The van der Waals surface area contributed by atoms with E-state index in [-0.39, 0.29) is 24.5 Å². The van der Waals surface area contributed by atoms with Crippen LogP contribution < -0.4 is 10.6 Å². The van der Waals surface area contributed by atoms with E-state index in [9.17, 15) is 23.1 Å². The zero-order valence-electron chi connectivity index (χ0n) is 20.2. The lowest BCUT2D eigenvalue weighted by molar-refractivity contribution is -0.137. The number of anilines is 1. The number of pyridine rings is 1. The number of benzene rings is 1. The number of aliphatic hydroxyl groups is 1. The second-order valence-corrected chi connectivity index (χ2v) is 8.97. The van der Waals surface area contributed by atoms with Gasteiger partial charge in [0.2, 0.25) is 5.52 Å². The van der Waals surface area contributed by atoms with Gasteiger partial charge >= 0.3 is 11.9 Å². The predicted molar refractivity (Wildman–Crippen MR) is 130 cm³/mol. The van der Waals surface area contributed by atoms with Crippen molar-refractivity contribution in [1.29, 1.82) is 0 Å². The summed E-state index contributed by atoms with van der Waals surface area (Å²) in [6, 6.07) is 7.69. The number of hydrogen-bond acceptors (Lipinski definition) is 6. The molecule has 8 nitrogen and oxygen atoms in total. The summed E-state index contributed by atoms with van der Waals surface area (Å²) in [5.74, 6) is 0.490. The molecule has 1 saturated heterocycles. The molecular weight excluding hydrogens is 473 g/mol. The molecule has 1 aliphatic heterocycles. The molecule has 0 saturated carbocycles. The molecule has 1 fully saturated rings. The van der Waals surface area contributed by atoms with Crippen LogP contribution in [0.2, 0.25) is 0 Å². The third-order valence-corrected chi connectivity index (χ3v) is 6.95. The summed E-state index contributed by atoms with van der Waals surface area (Å²) in [5.41, 5.74) is 0.511. The summed E-state index contributed by atoms with van der Waals surface area (Å²) >= 11 is 0. The van der Waals surface area contributed by atoms with Gasteiger partial charge < -0.3 is 14.9 Å². The number of aromatic nitrogens is 3. The number of aryl methyl sites for hydroxylation is 1. The van der Waals surface area contributed by atoms with Crippen LogP contribution in [0.5, 0.6) is 0 Å². The van der Waals surface area contributed by atoms with Gasteiger partial charge in [0.25, 0.3) is 5.82 Å². The molecule has 0 spiro atoms. The van der Waals surface area contributed by atoms with E-state index in [1.807, 2.05) is 18.7 Å². The van der Waals surface area contributed by atoms with Gasteiger partial charge in [-0.05, 0) is 43.2 Å². The predicted octanol–water partition coefficient (Wildman–Crippen LogP) is 3.92. The van der Waals surface area contributed by atoms with Gasteiger partial charge in [0.05, 0.1) is 23.7 Å². The lowest BCUT2D eigenvalue weighted by atomic mass is 9.97. The first-order valence-corrected chi connectivity index (χ1v) is 11.6. The molecule has 0 bridgehead atoms. The van der Waals surface area contributed by atoms with Crippen molar-refractivity contribution in [1.82, 2.24) is 19.4 Å². The van der Waals surface area contributed by atoms with E-state index in [0.29, 0.717) is 29.9 Å². The summed E-state index contributed by atoms with van der Waals surface area (Å²) < 4.78 is 40.4. The molecule has 4 rings (SSSR count). The Morgan fingerprint density at radius 2 is 1.83 bits per heavy atom. The minimum Gasteiger partial charge on any atom is -0.394 e. The Labute approximate surface area is 206 Å². The normalized spacial score (nSPS) is 19.9. The maximum absolute atomic E-state index is 13.0. The number of aliphatic hydroxyl groups excluding tert-OH is 1. The van der Waals surface area contributed by atoms with E-state index in [4.69, 9.17) is 6.57 Å². The van der Waals surface area contributed by atoms with Crippen molar-refractivity contribution >= 4 is 22.7 Å². The number of hydrogen-bond donors (Lipinski definition) is 1. The van der Waals surface area contributed by atoms with Gasteiger partial charge in [-0.1, -0.05) is 25.6 Å². The molecule has 1 aromatic carbocycles. The first kappa shape index (κ1) is 25.6. The van der Waals surface area contributed by atoms with Crippen LogP contribution in [0.3, 0.4) is 0 Å². The van der Waals surface area contributed by atoms with E-state index in [2.05, 4.69) is 19.7 Å². The Kier molecular flexibility index (Phi) is 7.02. The number of nitrogens with zero attached hydrogens (tertiary/aromatic N) is 6. The van der Waals surface area contributed by atoms with Crippen LogP contribution in [-0.4, -0.2) is 56.3 Å². The Balaban J connectivity index is 1.70. The number of fused-ring (bicyclic) bond motifs is 1. The van der Waals surface area contributed by atoms with Gasteiger partial charge in [0, 0.05) is 32.2 Å². The van der Waals surface area contributed by atoms with Crippen LogP contribution in [0.1, 0.15) is 37.4 Å². The highest BCUT2D eigenvalue weighted by atomic mass is 19.4. The van der Waals surface area contributed by atoms with Crippen LogP contribution in [0.25, 0.3) is 15.9 Å². The standard InChI is InChI=1S/C25H27F3N6O2/c1-5-18-12-34(23-22-20(32(4)24(36)31-23)10-11-21(29-3)30-22)19(14-35)13-33(18)15(2)16-6-8-17(9-7-16)25(26,27)28/h6-11,15,18-19,35H,5,12-14H2,1-2,4H3/t15?,18-,19-/m1/s1. The first-order valence-electron chi connectivity index (χ1n) is 11.6. The Hall–Kier alpha value is -3.49. The van der Waals surface area contributed by atoms with Crippen LogP contribution in [0.4, 0.5) is 24.8 Å². The Morgan fingerprint density at radius 1 is 1.14 bits per heavy atom. The Morgan fingerprint density at radius 3 is 2.42 bits per heavy atom. The smallest absolute Gasteiger partial charge is 0.394 e. The Bertz CT molecular complexity index is 1350. The molecule has 0 aliphatic carbocycles. The van der Waals surface area contributed by atoms with Gasteiger partial charge in [-0.3, -0.25) is 9.47 Å². The summed E-state index contributed by atoms with van der Waals surface area (Å²) in [6.07, 6.45) is -3.67. The van der Waals surface area contributed by atoms with E-state index in [1.165, 1.54) is 16.7 Å². The van der Waals surface area contributed by atoms with Crippen molar-refractivity contribution in [3.05, 3.63) is 69.4 Å². The molecule has 1 aliphatic rings. The molecule has 3 aromatic rings. The third kappa shape index (κ3) is 4.66. The zero-order valence-corrected chi connectivity index (χ0v) is 20.2. The molecule has 1 unspecified atom stereocenters. The van der Waals surface area contributed by atoms with Crippen molar-refractivity contribution in [2.24, 2.45) is 7.05 Å². The van der Waals surface area contributed by atoms with E-state index >= 15 is 0 Å². The highest BCUT2D eigenvalue weighted by molar-refractivity contribution is 5.87. The van der Waals surface area contributed by atoms with Gasteiger partial charge in [-0.15, -0.1) is 4.98 Å². The lowest BCUT2D eigenvalue weighted by Gasteiger charge is -2.48.